The van der Waals surface area contributed by atoms with E-state index in [0.29, 0.717) is 10.8 Å². The molecule has 2 rings (SSSR count). The second-order valence-corrected chi connectivity index (χ2v) is 5.53. The first-order valence-electron chi connectivity index (χ1n) is 5.37. The zero-order valence-electron chi connectivity index (χ0n) is 9.22. The predicted octanol–water partition coefficient (Wildman–Crippen LogP) is 1.97. The Morgan fingerprint density at radius 3 is 3.06 bits per heavy atom. The smallest absolute Gasteiger partial charge is 0.254 e. The lowest BCUT2D eigenvalue weighted by molar-refractivity contribution is 0.0762. The fourth-order valence-electron chi connectivity index (χ4n) is 1.82. The summed E-state index contributed by atoms with van der Waals surface area (Å²) in [5, 5.41) is 9.83. The lowest BCUT2D eigenvalue weighted by Gasteiger charge is -2.30. The number of amides is 1. The van der Waals surface area contributed by atoms with Gasteiger partial charge in [-0.25, -0.2) is 0 Å². The highest BCUT2D eigenvalue weighted by Gasteiger charge is 2.22. The van der Waals surface area contributed by atoms with Crippen LogP contribution in [0.2, 0.25) is 0 Å². The van der Waals surface area contributed by atoms with Crippen molar-refractivity contribution in [3.8, 4) is 5.75 Å². The average molecular weight is 237 g/mol. The van der Waals surface area contributed by atoms with Crippen LogP contribution in [0, 0.1) is 0 Å². The van der Waals surface area contributed by atoms with Crippen LogP contribution in [0.1, 0.15) is 17.3 Å². The molecule has 1 unspecified atom stereocenters. The molecule has 16 heavy (non-hydrogen) atoms. The van der Waals surface area contributed by atoms with Gasteiger partial charge < -0.3 is 10.0 Å². The standard InChI is InChI=1S/C12H15NO2S/c1-9-8-13(5-6-16-9)12(15)10-3-2-4-11(14)7-10/h2-4,7,9,14H,5-6,8H2,1H3. The number of rotatable bonds is 1. The van der Waals surface area contributed by atoms with Crippen LogP contribution in [-0.4, -0.2) is 40.0 Å². The summed E-state index contributed by atoms with van der Waals surface area (Å²) >= 11 is 1.89. The van der Waals surface area contributed by atoms with Gasteiger partial charge in [-0.1, -0.05) is 13.0 Å². The van der Waals surface area contributed by atoms with Crippen molar-refractivity contribution >= 4 is 17.7 Å². The van der Waals surface area contributed by atoms with E-state index < -0.39 is 0 Å². The number of benzene rings is 1. The molecule has 1 aliphatic heterocycles. The van der Waals surface area contributed by atoms with Crippen molar-refractivity contribution in [3.05, 3.63) is 29.8 Å². The minimum Gasteiger partial charge on any atom is -0.508 e. The lowest BCUT2D eigenvalue weighted by Crippen LogP contribution is -2.40. The number of phenols is 1. The van der Waals surface area contributed by atoms with E-state index in [-0.39, 0.29) is 11.7 Å². The molecule has 0 spiro atoms. The monoisotopic (exact) mass is 237 g/mol. The SMILES string of the molecule is CC1CN(C(=O)c2cccc(O)c2)CCS1. The molecule has 1 saturated heterocycles. The third kappa shape index (κ3) is 2.50. The fraction of sp³-hybridized carbons (Fsp3) is 0.417. The summed E-state index contributed by atoms with van der Waals surface area (Å²) in [6, 6.07) is 6.54. The Balaban J connectivity index is 2.12. The summed E-state index contributed by atoms with van der Waals surface area (Å²) in [5.41, 5.74) is 0.569. The fourth-order valence-corrected chi connectivity index (χ4v) is 2.84. The molecule has 1 aliphatic rings. The first-order chi connectivity index (χ1) is 7.66. The van der Waals surface area contributed by atoms with E-state index in [2.05, 4.69) is 6.92 Å². The Morgan fingerprint density at radius 2 is 2.38 bits per heavy atom. The number of thioether (sulfide) groups is 1. The Labute approximate surface area is 99.5 Å². The maximum absolute atomic E-state index is 12.1. The Bertz CT molecular complexity index is 394. The summed E-state index contributed by atoms with van der Waals surface area (Å²) in [6.07, 6.45) is 0. The van der Waals surface area contributed by atoms with Crippen LogP contribution in [0.4, 0.5) is 0 Å². The molecular formula is C12H15NO2S. The number of phenolic OH excluding ortho intramolecular Hbond substituents is 1. The van der Waals surface area contributed by atoms with Gasteiger partial charge >= 0.3 is 0 Å². The molecule has 1 amide bonds. The Kier molecular flexibility index (Phi) is 3.39. The molecule has 86 valence electrons. The van der Waals surface area contributed by atoms with Crippen LogP contribution in [-0.2, 0) is 0 Å². The minimum atomic E-state index is 0.0167. The largest absolute Gasteiger partial charge is 0.508 e. The van der Waals surface area contributed by atoms with Crippen molar-refractivity contribution in [2.45, 2.75) is 12.2 Å². The number of hydrogen-bond acceptors (Lipinski definition) is 3. The van der Waals surface area contributed by atoms with E-state index in [9.17, 15) is 9.90 Å². The number of nitrogens with zero attached hydrogens (tertiary/aromatic N) is 1. The highest BCUT2D eigenvalue weighted by Crippen LogP contribution is 2.20. The second kappa shape index (κ2) is 4.78. The molecule has 0 aliphatic carbocycles. The molecule has 3 nitrogen and oxygen atoms in total. The van der Waals surface area contributed by atoms with Crippen LogP contribution < -0.4 is 0 Å². The van der Waals surface area contributed by atoms with Crippen LogP contribution in [0.15, 0.2) is 24.3 Å². The number of hydrogen-bond donors (Lipinski definition) is 1. The number of carbonyl (C=O) groups excluding carboxylic acids is 1. The maximum Gasteiger partial charge on any atom is 0.254 e. The molecule has 0 radical (unpaired) electrons. The molecule has 0 saturated carbocycles. The summed E-state index contributed by atoms with van der Waals surface area (Å²) in [6.45, 7) is 3.72. The number of aromatic hydroxyl groups is 1. The van der Waals surface area contributed by atoms with E-state index in [1.165, 1.54) is 6.07 Å². The third-order valence-electron chi connectivity index (χ3n) is 2.62. The summed E-state index contributed by atoms with van der Waals surface area (Å²) in [5.74, 6) is 1.15. The van der Waals surface area contributed by atoms with Crippen molar-refractivity contribution in [1.29, 1.82) is 0 Å². The van der Waals surface area contributed by atoms with Crippen molar-refractivity contribution in [3.63, 3.8) is 0 Å². The third-order valence-corrected chi connectivity index (χ3v) is 3.76. The molecular weight excluding hydrogens is 222 g/mol. The van der Waals surface area contributed by atoms with E-state index in [0.717, 1.165) is 18.8 Å². The highest BCUT2D eigenvalue weighted by atomic mass is 32.2. The van der Waals surface area contributed by atoms with Crippen LogP contribution in [0.25, 0.3) is 0 Å². The van der Waals surface area contributed by atoms with Gasteiger partial charge in [-0.05, 0) is 18.2 Å². The molecule has 1 atom stereocenters. The van der Waals surface area contributed by atoms with Gasteiger partial charge in [0.15, 0.2) is 0 Å². The maximum atomic E-state index is 12.1. The molecule has 1 aromatic rings. The average Bonchev–Trinajstić information content (AvgIpc) is 2.28. The summed E-state index contributed by atoms with van der Waals surface area (Å²) in [4.78, 5) is 14.0. The molecule has 1 fully saturated rings. The van der Waals surface area contributed by atoms with Gasteiger partial charge in [-0.15, -0.1) is 0 Å². The summed E-state index contributed by atoms with van der Waals surface area (Å²) < 4.78 is 0. The van der Waals surface area contributed by atoms with Gasteiger partial charge in [0, 0.05) is 29.7 Å². The quantitative estimate of drug-likeness (QED) is 0.812. The molecule has 1 aromatic carbocycles. The first kappa shape index (κ1) is 11.3. The second-order valence-electron chi connectivity index (χ2n) is 3.98. The Morgan fingerprint density at radius 1 is 1.56 bits per heavy atom. The molecule has 0 bridgehead atoms. The molecule has 1 N–H and O–H groups in total. The van der Waals surface area contributed by atoms with Gasteiger partial charge in [0.05, 0.1) is 0 Å². The van der Waals surface area contributed by atoms with Crippen molar-refractivity contribution in [2.75, 3.05) is 18.8 Å². The zero-order chi connectivity index (χ0) is 11.5. The molecule has 0 aromatic heterocycles. The Hall–Kier alpha value is -1.16. The van der Waals surface area contributed by atoms with E-state index >= 15 is 0 Å². The van der Waals surface area contributed by atoms with Crippen LogP contribution >= 0.6 is 11.8 Å². The number of carbonyl (C=O) groups is 1. The highest BCUT2D eigenvalue weighted by molar-refractivity contribution is 7.99. The predicted molar refractivity (Wildman–Crippen MR) is 65.9 cm³/mol. The topological polar surface area (TPSA) is 40.5 Å². The minimum absolute atomic E-state index is 0.0167. The van der Waals surface area contributed by atoms with E-state index in [4.69, 9.17) is 0 Å². The van der Waals surface area contributed by atoms with E-state index in [1.807, 2.05) is 16.7 Å². The summed E-state index contributed by atoms with van der Waals surface area (Å²) in [7, 11) is 0. The van der Waals surface area contributed by atoms with Crippen molar-refractivity contribution in [1.82, 2.24) is 4.90 Å². The van der Waals surface area contributed by atoms with E-state index in [1.54, 1.807) is 18.2 Å². The van der Waals surface area contributed by atoms with Gasteiger partial charge in [0.2, 0.25) is 0 Å². The van der Waals surface area contributed by atoms with Crippen LogP contribution in [0.5, 0.6) is 5.75 Å². The lowest BCUT2D eigenvalue weighted by atomic mass is 10.2. The molecule has 1 heterocycles. The van der Waals surface area contributed by atoms with Gasteiger partial charge in [0.25, 0.3) is 5.91 Å². The normalized spacial score (nSPS) is 20.8. The first-order valence-corrected chi connectivity index (χ1v) is 6.41. The van der Waals surface area contributed by atoms with Gasteiger partial charge in [-0.3, -0.25) is 4.79 Å². The zero-order valence-corrected chi connectivity index (χ0v) is 10.0. The van der Waals surface area contributed by atoms with Crippen molar-refractivity contribution < 1.29 is 9.90 Å². The van der Waals surface area contributed by atoms with Gasteiger partial charge in [-0.2, -0.15) is 11.8 Å². The van der Waals surface area contributed by atoms with Gasteiger partial charge in [0.1, 0.15) is 5.75 Å². The van der Waals surface area contributed by atoms with Crippen LogP contribution in [0.3, 0.4) is 0 Å². The van der Waals surface area contributed by atoms with Crippen molar-refractivity contribution in [2.24, 2.45) is 0 Å². The molecule has 4 heteroatoms.